The second-order valence-electron chi connectivity index (χ2n) is 15.7. The van der Waals surface area contributed by atoms with Crippen LogP contribution in [0.4, 0.5) is 17.1 Å². The fourth-order valence-corrected chi connectivity index (χ4v) is 10.6. The molecule has 0 amide bonds. The summed E-state index contributed by atoms with van der Waals surface area (Å²) in [7, 11) is 0. The molecule has 286 valence electrons. The SMILES string of the molecule is c1ccc(-c2ccccc2N(c2ccc(-c3ccc(-n4c5ccccc5c5c6ccccc6ccc54)cc3)cc2)c2ccc(-c3cccc4c3sc3ccccc34)cc2)cc1. The van der Waals surface area contributed by atoms with E-state index in [1.165, 1.54) is 86.1 Å². The molecule has 0 saturated heterocycles. The summed E-state index contributed by atoms with van der Waals surface area (Å²) < 4.78 is 5.05. The summed E-state index contributed by atoms with van der Waals surface area (Å²) in [6, 6.07) is 84.0. The third kappa shape index (κ3) is 5.93. The minimum atomic E-state index is 1.10. The molecule has 0 radical (unpaired) electrons. The average molecular weight is 795 g/mol. The number of rotatable bonds is 7. The summed E-state index contributed by atoms with van der Waals surface area (Å²) in [6.45, 7) is 0. The van der Waals surface area contributed by atoms with Crippen LogP contribution in [0.1, 0.15) is 0 Å². The molecule has 2 heterocycles. The molecule has 0 aliphatic carbocycles. The molecule has 10 aromatic carbocycles. The molecule has 3 heteroatoms. The topological polar surface area (TPSA) is 8.17 Å². The van der Waals surface area contributed by atoms with Crippen molar-refractivity contribution in [2.24, 2.45) is 0 Å². The lowest BCUT2D eigenvalue weighted by Crippen LogP contribution is -2.11. The first kappa shape index (κ1) is 35.2. The van der Waals surface area contributed by atoms with Crippen LogP contribution < -0.4 is 4.90 Å². The zero-order valence-electron chi connectivity index (χ0n) is 33.2. The van der Waals surface area contributed by atoms with E-state index in [0.29, 0.717) is 0 Å². The van der Waals surface area contributed by atoms with Crippen molar-refractivity contribution in [2.75, 3.05) is 4.90 Å². The molecule has 0 fully saturated rings. The number of fused-ring (bicyclic) bond motifs is 8. The van der Waals surface area contributed by atoms with Crippen LogP contribution in [0.25, 0.3) is 91.8 Å². The predicted octanol–water partition coefficient (Wildman–Crippen LogP) is 16.8. The summed E-state index contributed by atoms with van der Waals surface area (Å²) in [6.07, 6.45) is 0. The maximum Gasteiger partial charge on any atom is 0.0547 e. The van der Waals surface area contributed by atoms with Crippen LogP contribution in [0.5, 0.6) is 0 Å². The number of aromatic nitrogens is 1. The van der Waals surface area contributed by atoms with Gasteiger partial charge in [-0.3, -0.25) is 0 Å². The molecule has 2 nitrogen and oxygen atoms in total. The van der Waals surface area contributed by atoms with Crippen molar-refractivity contribution in [1.82, 2.24) is 4.57 Å². The summed E-state index contributed by atoms with van der Waals surface area (Å²) in [5.74, 6) is 0. The van der Waals surface area contributed by atoms with Crippen LogP contribution in [0.15, 0.2) is 231 Å². The average Bonchev–Trinajstić information content (AvgIpc) is 3.89. The molecule has 2 aromatic heterocycles. The lowest BCUT2D eigenvalue weighted by molar-refractivity contribution is 1.18. The lowest BCUT2D eigenvalue weighted by atomic mass is 10.00. The smallest absolute Gasteiger partial charge is 0.0547 e. The Bertz CT molecular complexity index is 3560. The Morgan fingerprint density at radius 2 is 0.918 bits per heavy atom. The van der Waals surface area contributed by atoms with Crippen molar-refractivity contribution >= 4 is 81.1 Å². The van der Waals surface area contributed by atoms with E-state index < -0.39 is 0 Å². The van der Waals surface area contributed by atoms with E-state index in [9.17, 15) is 0 Å². The molecule has 0 N–H and O–H groups in total. The number of para-hydroxylation sites is 2. The Morgan fingerprint density at radius 3 is 1.70 bits per heavy atom. The molecular weight excluding hydrogens is 757 g/mol. The van der Waals surface area contributed by atoms with Crippen LogP contribution in [-0.4, -0.2) is 4.57 Å². The van der Waals surface area contributed by atoms with Crippen molar-refractivity contribution in [3.63, 3.8) is 0 Å². The summed E-state index contributed by atoms with van der Waals surface area (Å²) in [4.78, 5) is 2.39. The molecular formula is C58H38N2S. The van der Waals surface area contributed by atoms with Gasteiger partial charge >= 0.3 is 0 Å². The fourth-order valence-electron chi connectivity index (χ4n) is 9.35. The van der Waals surface area contributed by atoms with Crippen molar-refractivity contribution < 1.29 is 0 Å². The fraction of sp³-hybridized carbons (Fsp3) is 0. The highest BCUT2D eigenvalue weighted by Crippen LogP contribution is 2.44. The van der Waals surface area contributed by atoms with Gasteiger partial charge in [0.25, 0.3) is 0 Å². The van der Waals surface area contributed by atoms with Gasteiger partial charge in [0.1, 0.15) is 0 Å². The van der Waals surface area contributed by atoms with Crippen LogP contribution in [-0.2, 0) is 0 Å². The van der Waals surface area contributed by atoms with Gasteiger partial charge in [-0.25, -0.2) is 0 Å². The quantitative estimate of drug-likeness (QED) is 0.156. The maximum atomic E-state index is 2.40. The first-order chi connectivity index (χ1) is 30.3. The lowest BCUT2D eigenvalue weighted by Gasteiger charge is -2.28. The van der Waals surface area contributed by atoms with Gasteiger partial charge in [0.05, 0.1) is 16.7 Å². The molecule has 0 aliphatic rings. The molecule has 0 aliphatic heterocycles. The third-order valence-electron chi connectivity index (χ3n) is 12.2. The van der Waals surface area contributed by atoms with Crippen LogP contribution in [0.3, 0.4) is 0 Å². The van der Waals surface area contributed by atoms with Gasteiger partial charge in [-0.05, 0) is 99.3 Å². The maximum absolute atomic E-state index is 2.40. The van der Waals surface area contributed by atoms with Crippen molar-refractivity contribution in [3.8, 4) is 39.1 Å². The highest BCUT2D eigenvalue weighted by molar-refractivity contribution is 7.26. The van der Waals surface area contributed by atoms with E-state index in [-0.39, 0.29) is 0 Å². The van der Waals surface area contributed by atoms with Crippen molar-refractivity contribution in [2.45, 2.75) is 0 Å². The molecule has 0 unspecified atom stereocenters. The van der Waals surface area contributed by atoms with Crippen LogP contribution in [0.2, 0.25) is 0 Å². The first-order valence-electron chi connectivity index (χ1n) is 20.8. The normalized spacial score (nSPS) is 11.6. The molecule has 0 bridgehead atoms. The molecule has 0 spiro atoms. The molecule has 0 saturated carbocycles. The Kier molecular flexibility index (Phi) is 8.39. The van der Waals surface area contributed by atoms with Crippen LogP contribution >= 0.6 is 11.3 Å². The summed E-state index contributed by atoms with van der Waals surface area (Å²) >= 11 is 1.88. The Hall–Kier alpha value is -7.72. The number of hydrogen-bond acceptors (Lipinski definition) is 2. The van der Waals surface area contributed by atoms with Gasteiger partial charge in [0.15, 0.2) is 0 Å². The van der Waals surface area contributed by atoms with Gasteiger partial charge in [0.2, 0.25) is 0 Å². The second kappa shape index (κ2) is 14.5. The zero-order chi connectivity index (χ0) is 40.3. The van der Waals surface area contributed by atoms with Crippen LogP contribution in [0, 0.1) is 0 Å². The van der Waals surface area contributed by atoms with E-state index in [4.69, 9.17) is 0 Å². The van der Waals surface area contributed by atoms with E-state index in [1.54, 1.807) is 0 Å². The van der Waals surface area contributed by atoms with E-state index in [1.807, 2.05) is 11.3 Å². The molecule has 0 atom stereocenters. The van der Waals surface area contributed by atoms with Crippen molar-refractivity contribution in [3.05, 3.63) is 231 Å². The van der Waals surface area contributed by atoms with Gasteiger partial charge in [0, 0.05) is 53.6 Å². The zero-order valence-corrected chi connectivity index (χ0v) is 34.1. The third-order valence-corrected chi connectivity index (χ3v) is 13.4. The second-order valence-corrected chi connectivity index (χ2v) is 16.7. The number of anilines is 3. The molecule has 12 aromatic rings. The molecule has 61 heavy (non-hydrogen) atoms. The number of nitrogens with zero attached hydrogens (tertiary/aromatic N) is 2. The largest absolute Gasteiger partial charge is 0.310 e. The highest BCUT2D eigenvalue weighted by atomic mass is 32.1. The van der Waals surface area contributed by atoms with E-state index in [0.717, 1.165) is 22.7 Å². The van der Waals surface area contributed by atoms with E-state index >= 15 is 0 Å². The highest BCUT2D eigenvalue weighted by Gasteiger charge is 2.19. The van der Waals surface area contributed by atoms with Gasteiger partial charge in [-0.2, -0.15) is 0 Å². The van der Waals surface area contributed by atoms with Gasteiger partial charge in [-0.1, -0.05) is 170 Å². The summed E-state index contributed by atoms with van der Waals surface area (Å²) in [5, 5.41) is 7.76. The standard InChI is InChI=1S/C58H38N2S/c1-2-13-41(14-3-1)47-16-6-9-22-53(47)59(45-36-29-43(30-37-45)49-20-12-21-51-50-18-8-11-24-56(50)61-58(49)51)44-32-25-39(26-33-44)40-27-34-46(35-28-40)60-54-23-10-7-19-52(54)57-48-17-5-4-15-42(48)31-38-55(57)60/h1-38H. The summed E-state index contributed by atoms with van der Waals surface area (Å²) in [5.41, 5.74) is 14.1. The predicted molar refractivity (Wildman–Crippen MR) is 262 cm³/mol. The van der Waals surface area contributed by atoms with Gasteiger partial charge in [-0.15, -0.1) is 11.3 Å². The molecule has 12 rings (SSSR count). The number of thiophene rings is 1. The Morgan fingerprint density at radius 1 is 0.344 bits per heavy atom. The van der Waals surface area contributed by atoms with Gasteiger partial charge < -0.3 is 9.47 Å². The minimum Gasteiger partial charge on any atom is -0.310 e. The Balaban J connectivity index is 0.925. The van der Waals surface area contributed by atoms with Crippen molar-refractivity contribution in [1.29, 1.82) is 0 Å². The number of hydrogen-bond donors (Lipinski definition) is 0. The Labute approximate surface area is 358 Å². The number of benzene rings is 10. The minimum absolute atomic E-state index is 1.10. The van der Waals surface area contributed by atoms with E-state index in [2.05, 4.69) is 240 Å². The monoisotopic (exact) mass is 794 g/mol. The first-order valence-corrected chi connectivity index (χ1v) is 21.7.